The topological polar surface area (TPSA) is 91.2 Å². The maximum Gasteiger partial charge on any atom is 0.253 e. The molecule has 2 amide bonds. The highest BCUT2D eigenvalue weighted by Crippen LogP contribution is 2.31. The SMILES string of the molecule is N#CC1(NC(=O)[C@H](Cc2c(F)cccc2F)NC(=O)c2ccc(-c3ccccc3Cl)cc2Cl)CCOCC1. The van der Waals surface area contributed by atoms with Crippen molar-refractivity contribution < 1.29 is 23.1 Å². The molecule has 10 heteroatoms. The summed E-state index contributed by atoms with van der Waals surface area (Å²) in [6.07, 6.45) is -0.0119. The van der Waals surface area contributed by atoms with E-state index in [0.29, 0.717) is 16.1 Å². The first-order valence-corrected chi connectivity index (χ1v) is 12.6. The Balaban J connectivity index is 1.61. The highest BCUT2D eigenvalue weighted by Gasteiger charge is 2.37. The molecule has 0 radical (unpaired) electrons. The molecule has 1 aliphatic rings. The summed E-state index contributed by atoms with van der Waals surface area (Å²) >= 11 is 12.7. The zero-order valence-electron chi connectivity index (χ0n) is 20.1. The van der Waals surface area contributed by atoms with E-state index in [1.807, 2.05) is 6.07 Å². The number of nitriles is 1. The van der Waals surface area contributed by atoms with Gasteiger partial charge in [-0.15, -0.1) is 0 Å². The van der Waals surface area contributed by atoms with Crippen molar-refractivity contribution in [2.24, 2.45) is 0 Å². The van der Waals surface area contributed by atoms with Crippen LogP contribution in [-0.2, 0) is 16.0 Å². The smallest absolute Gasteiger partial charge is 0.253 e. The minimum atomic E-state index is -1.40. The number of ether oxygens (including phenoxy) is 1. The molecule has 1 saturated heterocycles. The van der Waals surface area contributed by atoms with Gasteiger partial charge in [-0.1, -0.05) is 53.5 Å². The van der Waals surface area contributed by atoms with Gasteiger partial charge in [0.05, 0.1) is 16.7 Å². The Morgan fingerprint density at radius 2 is 1.68 bits per heavy atom. The molecule has 0 bridgehead atoms. The summed E-state index contributed by atoms with van der Waals surface area (Å²) in [5.74, 6) is -3.20. The average Bonchev–Trinajstić information content (AvgIpc) is 2.90. The number of benzene rings is 3. The number of carbonyl (C=O) groups is 2. The van der Waals surface area contributed by atoms with Crippen LogP contribution in [0.2, 0.25) is 10.0 Å². The van der Waals surface area contributed by atoms with Gasteiger partial charge in [-0.3, -0.25) is 9.59 Å². The van der Waals surface area contributed by atoms with Crippen LogP contribution in [-0.4, -0.2) is 36.6 Å². The second-order valence-electron chi connectivity index (χ2n) is 8.90. The molecule has 1 atom stereocenters. The lowest BCUT2D eigenvalue weighted by Crippen LogP contribution is -2.57. The molecule has 1 aliphatic heterocycles. The van der Waals surface area contributed by atoms with Crippen LogP contribution in [0.5, 0.6) is 0 Å². The van der Waals surface area contributed by atoms with Crippen molar-refractivity contribution >= 4 is 35.0 Å². The monoisotopic (exact) mass is 557 g/mol. The van der Waals surface area contributed by atoms with Gasteiger partial charge in [-0.05, 0) is 35.9 Å². The third kappa shape index (κ3) is 6.13. The number of amides is 2. The lowest BCUT2D eigenvalue weighted by atomic mass is 9.91. The van der Waals surface area contributed by atoms with Gasteiger partial charge in [0.2, 0.25) is 5.91 Å². The van der Waals surface area contributed by atoms with Gasteiger partial charge in [-0.25, -0.2) is 8.78 Å². The van der Waals surface area contributed by atoms with Crippen molar-refractivity contribution in [2.45, 2.75) is 30.8 Å². The van der Waals surface area contributed by atoms with E-state index in [4.69, 9.17) is 27.9 Å². The fourth-order valence-electron chi connectivity index (χ4n) is 4.25. The summed E-state index contributed by atoms with van der Waals surface area (Å²) < 4.78 is 34.2. The Hall–Kier alpha value is -3.51. The molecule has 0 saturated carbocycles. The van der Waals surface area contributed by atoms with Crippen LogP contribution in [0.15, 0.2) is 60.7 Å². The molecule has 4 rings (SSSR count). The van der Waals surface area contributed by atoms with E-state index in [-0.39, 0.29) is 42.2 Å². The number of hydrogen-bond donors (Lipinski definition) is 2. The lowest BCUT2D eigenvalue weighted by molar-refractivity contribution is -0.125. The molecule has 0 aliphatic carbocycles. The first kappa shape index (κ1) is 27.5. The number of nitrogens with one attached hydrogen (secondary N) is 2. The largest absolute Gasteiger partial charge is 0.381 e. The van der Waals surface area contributed by atoms with Gasteiger partial charge in [-0.2, -0.15) is 5.26 Å². The van der Waals surface area contributed by atoms with Crippen molar-refractivity contribution in [3.05, 3.63) is 93.5 Å². The Labute approximate surface area is 228 Å². The first-order valence-electron chi connectivity index (χ1n) is 11.8. The summed E-state index contributed by atoms with van der Waals surface area (Å²) in [7, 11) is 0. The predicted molar refractivity (Wildman–Crippen MR) is 140 cm³/mol. The van der Waals surface area contributed by atoms with Gasteiger partial charge in [0, 0.05) is 48.6 Å². The minimum absolute atomic E-state index is 0.0512. The highest BCUT2D eigenvalue weighted by atomic mass is 35.5. The predicted octanol–water partition coefficient (Wildman–Crippen LogP) is 5.47. The Bertz CT molecular complexity index is 1380. The van der Waals surface area contributed by atoms with E-state index in [0.717, 1.165) is 12.1 Å². The van der Waals surface area contributed by atoms with Gasteiger partial charge >= 0.3 is 0 Å². The molecule has 0 aromatic heterocycles. The van der Waals surface area contributed by atoms with E-state index in [1.165, 1.54) is 12.1 Å². The normalized spacial score (nSPS) is 15.2. The third-order valence-electron chi connectivity index (χ3n) is 6.41. The van der Waals surface area contributed by atoms with Crippen LogP contribution >= 0.6 is 23.2 Å². The molecule has 38 heavy (non-hydrogen) atoms. The summed E-state index contributed by atoms with van der Waals surface area (Å²) in [5.41, 5.74) is -0.147. The quantitative estimate of drug-likeness (QED) is 0.403. The second kappa shape index (κ2) is 11.9. The maximum atomic E-state index is 14.5. The fourth-order valence-corrected chi connectivity index (χ4v) is 4.76. The van der Waals surface area contributed by atoms with Crippen LogP contribution < -0.4 is 10.6 Å². The second-order valence-corrected chi connectivity index (χ2v) is 9.71. The zero-order valence-corrected chi connectivity index (χ0v) is 21.6. The number of nitrogens with zero attached hydrogens (tertiary/aromatic N) is 1. The van der Waals surface area contributed by atoms with Gasteiger partial charge in [0.25, 0.3) is 5.91 Å². The third-order valence-corrected chi connectivity index (χ3v) is 7.06. The fraction of sp³-hybridized carbons (Fsp3) is 0.250. The summed E-state index contributed by atoms with van der Waals surface area (Å²) in [4.78, 5) is 26.5. The highest BCUT2D eigenvalue weighted by molar-refractivity contribution is 6.35. The molecule has 2 N–H and O–H groups in total. The molecule has 1 heterocycles. The van der Waals surface area contributed by atoms with Crippen molar-refractivity contribution in [1.82, 2.24) is 10.6 Å². The summed E-state index contributed by atoms with van der Waals surface area (Å²) in [5, 5.41) is 15.5. The Morgan fingerprint density at radius 1 is 1.00 bits per heavy atom. The van der Waals surface area contributed by atoms with E-state index in [1.54, 1.807) is 30.3 Å². The Morgan fingerprint density at radius 3 is 2.32 bits per heavy atom. The van der Waals surface area contributed by atoms with Gasteiger partial charge < -0.3 is 15.4 Å². The van der Waals surface area contributed by atoms with Crippen LogP contribution in [0.3, 0.4) is 0 Å². The average molecular weight is 558 g/mol. The van der Waals surface area contributed by atoms with Crippen LogP contribution in [0, 0.1) is 23.0 Å². The van der Waals surface area contributed by atoms with E-state index >= 15 is 0 Å². The van der Waals surface area contributed by atoms with Crippen LogP contribution in [0.25, 0.3) is 11.1 Å². The number of hydrogen-bond acceptors (Lipinski definition) is 4. The van der Waals surface area contributed by atoms with E-state index < -0.39 is 41.5 Å². The number of halogens is 4. The van der Waals surface area contributed by atoms with Crippen LogP contribution in [0.1, 0.15) is 28.8 Å². The molecule has 6 nitrogen and oxygen atoms in total. The van der Waals surface area contributed by atoms with Gasteiger partial charge in [0.1, 0.15) is 23.2 Å². The zero-order chi connectivity index (χ0) is 27.3. The molecule has 0 spiro atoms. The molecular formula is C28H23Cl2F2N3O3. The van der Waals surface area contributed by atoms with Crippen LogP contribution in [0.4, 0.5) is 8.78 Å². The van der Waals surface area contributed by atoms with Gasteiger partial charge in [0.15, 0.2) is 0 Å². The first-order chi connectivity index (χ1) is 18.2. The van der Waals surface area contributed by atoms with Crippen molar-refractivity contribution in [2.75, 3.05) is 13.2 Å². The minimum Gasteiger partial charge on any atom is -0.381 e. The van der Waals surface area contributed by atoms with Crippen molar-refractivity contribution in [1.29, 1.82) is 5.26 Å². The molecule has 0 unspecified atom stereocenters. The maximum absolute atomic E-state index is 14.5. The number of rotatable bonds is 7. The molecule has 3 aromatic rings. The molecular weight excluding hydrogens is 535 g/mol. The van der Waals surface area contributed by atoms with E-state index in [2.05, 4.69) is 16.7 Å². The molecule has 196 valence electrons. The van der Waals surface area contributed by atoms with Crippen molar-refractivity contribution in [3.63, 3.8) is 0 Å². The summed E-state index contributed by atoms with van der Waals surface area (Å²) in [6, 6.07) is 15.9. The lowest BCUT2D eigenvalue weighted by Gasteiger charge is -2.33. The molecule has 1 fully saturated rings. The molecule has 3 aromatic carbocycles. The standard InChI is InChI=1S/C28H23Cl2F2N3O3/c29-21-5-2-1-4-18(21)17-8-9-19(22(30)14-17)26(36)34-25(15-20-23(31)6-3-7-24(20)32)27(37)35-28(16-33)10-12-38-13-11-28/h1-9,14,25H,10-13,15H2,(H,34,36)(H,35,37)/t25-/m0/s1. The van der Waals surface area contributed by atoms with Crippen molar-refractivity contribution in [3.8, 4) is 17.2 Å². The Kier molecular flexibility index (Phi) is 8.62. The number of carbonyl (C=O) groups excluding carboxylic acids is 2. The van der Waals surface area contributed by atoms with E-state index in [9.17, 15) is 23.6 Å². The summed E-state index contributed by atoms with van der Waals surface area (Å²) in [6.45, 7) is 0.528.